The van der Waals surface area contributed by atoms with Crippen LogP contribution in [0.2, 0.25) is 5.02 Å². The fourth-order valence-electron chi connectivity index (χ4n) is 1.95. The molecular weight excluding hydrogens is 302 g/mol. The van der Waals surface area contributed by atoms with Crippen molar-refractivity contribution in [1.29, 1.82) is 0 Å². The van der Waals surface area contributed by atoms with E-state index >= 15 is 0 Å². The van der Waals surface area contributed by atoms with Gasteiger partial charge in [-0.3, -0.25) is 0 Å². The number of hydrogen-bond donors (Lipinski definition) is 1. The largest absolute Gasteiger partial charge is 0.354 e. The maximum atomic E-state index is 6.39. The quantitative estimate of drug-likeness (QED) is 0.888. The average Bonchev–Trinajstić information content (AvgIpc) is 2.88. The second-order valence-corrected chi connectivity index (χ2v) is 7.43. The molecule has 21 heavy (non-hydrogen) atoms. The number of anilines is 1. The lowest BCUT2D eigenvalue weighted by Crippen LogP contribution is -2.35. The van der Waals surface area contributed by atoms with Crippen LogP contribution in [-0.2, 0) is 13.1 Å². The van der Waals surface area contributed by atoms with Crippen molar-refractivity contribution in [3.8, 4) is 0 Å². The van der Waals surface area contributed by atoms with Gasteiger partial charge in [0.15, 0.2) is 0 Å². The summed E-state index contributed by atoms with van der Waals surface area (Å²) in [6.07, 6.45) is 1.89. The molecule has 0 aliphatic heterocycles. The van der Waals surface area contributed by atoms with Crippen LogP contribution in [0.1, 0.15) is 31.9 Å². The molecule has 2 aromatic heterocycles. The molecular formula is C16H22ClN3S. The van der Waals surface area contributed by atoms with Gasteiger partial charge < -0.3 is 10.2 Å². The SMILES string of the molecule is CN(Cc1ccsc1)c1ncc(CNC(C)(C)C)cc1Cl. The minimum Gasteiger partial charge on any atom is -0.354 e. The topological polar surface area (TPSA) is 28.2 Å². The second kappa shape index (κ2) is 6.77. The highest BCUT2D eigenvalue weighted by Crippen LogP contribution is 2.25. The summed E-state index contributed by atoms with van der Waals surface area (Å²) in [6.45, 7) is 8.02. The number of aromatic nitrogens is 1. The van der Waals surface area contributed by atoms with Crippen LogP contribution in [0.15, 0.2) is 29.1 Å². The Kier molecular flexibility index (Phi) is 5.25. The van der Waals surface area contributed by atoms with Gasteiger partial charge in [0.2, 0.25) is 0 Å². The smallest absolute Gasteiger partial charge is 0.147 e. The van der Waals surface area contributed by atoms with Gasteiger partial charge in [-0.15, -0.1) is 0 Å². The highest BCUT2D eigenvalue weighted by molar-refractivity contribution is 7.07. The minimum atomic E-state index is 0.0842. The van der Waals surface area contributed by atoms with Crippen molar-refractivity contribution in [2.75, 3.05) is 11.9 Å². The zero-order valence-corrected chi connectivity index (χ0v) is 14.6. The lowest BCUT2D eigenvalue weighted by molar-refractivity contribution is 0.424. The molecule has 0 bridgehead atoms. The summed E-state index contributed by atoms with van der Waals surface area (Å²) in [5.74, 6) is 0.822. The van der Waals surface area contributed by atoms with Gasteiger partial charge in [-0.25, -0.2) is 4.98 Å². The fraction of sp³-hybridized carbons (Fsp3) is 0.438. The Morgan fingerprint density at radius 1 is 1.33 bits per heavy atom. The maximum Gasteiger partial charge on any atom is 0.147 e. The van der Waals surface area contributed by atoms with Gasteiger partial charge in [0.25, 0.3) is 0 Å². The molecule has 3 nitrogen and oxygen atoms in total. The lowest BCUT2D eigenvalue weighted by Gasteiger charge is -2.22. The number of rotatable bonds is 5. The molecule has 0 amide bonds. The number of hydrogen-bond acceptors (Lipinski definition) is 4. The third kappa shape index (κ3) is 4.99. The van der Waals surface area contributed by atoms with Crippen molar-refractivity contribution in [3.05, 3.63) is 45.2 Å². The van der Waals surface area contributed by atoms with E-state index in [0.717, 1.165) is 24.5 Å². The Balaban J connectivity index is 2.04. The van der Waals surface area contributed by atoms with Crippen LogP contribution in [0.3, 0.4) is 0 Å². The van der Waals surface area contributed by atoms with Crippen LogP contribution in [0, 0.1) is 0 Å². The number of halogens is 1. The molecule has 0 aromatic carbocycles. The Morgan fingerprint density at radius 3 is 2.67 bits per heavy atom. The molecule has 2 heterocycles. The number of nitrogens with zero attached hydrogens (tertiary/aromatic N) is 2. The van der Waals surface area contributed by atoms with E-state index in [2.05, 4.69) is 52.8 Å². The van der Waals surface area contributed by atoms with Gasteiger partial charge in [-0.05, 0) is 54.8 Å². The Bertz CT molecular complexity index is 576. The van der Waals surface area contributed by atoms with E-state index in [1.54, 1.807) is 11.3 Å². The summed E-state index contributed by atoms with van der Waals surface area (Å²) in [5, 5.41) is 8.36. The first kappa shape index (κ1) is 16.3. The first-order valence-electron chi connectivity index (χ1n) is 6.97. The molecule has 2 rings (SSSR count). The van der Waals surface area contributed by atoms with Gasteiger partial charge >= 0.3 is 0 Å². The van der Waals surface area contributed by atoms with Crippen molar-refractivity contribution in [2.24, 2.45) is 0 Å². The standard InChI is InChI=1S/C16H22ClN3S/c1-16(2,3)19-9-13-7-14(17)15(18-8-13)20(4)10-12-5-6-21-11-12/h5-8,11,19H,9-10H2,1-4H3. The van der Waals surface area contributed by atoms with E-state index < -0.39 is 0 Å². The Labute approximate surface area is 136 Å². The number of thiophene rings is 1. The molecule has 0 aliphatic carbocycles. The minimum absolute atomic E-state index is 0.0842. The lowest BCUT2D eigenvalue weighted by atomic mass is 10.1. The summed E-state index contributed by atoms with van der Waals surface area (Å²) in [4.78, 5) is 6.59. The van der Waals surface area contributed by atoms with E-state index in [-0.39, 0.29) is 5.54 Å². The molecule has 114 valence electrons. The molecule has 0 unspecified atom stereocenters. The summed E-state index contributed by atoms with van der Waals surface area (Å²) >= 11 is 8.09. The van der Waals surface area contributed by atoms with Crippen LogP contribution >= 0.6 is 22.9 Å². The van der Waals surface area contributed by atoms with Crippen LogP contribution in [0.4, 0.5) is 5.82 Å². The second-order valence-electron chi connectivity index (χ2n) is 6.24. The van der Waals surface area contributed by atoms with E-state index in [0.29, 0.717) is 5.02 Å². The molecule has 0 saturated carbocycles. The van der Waals surface area contributed by atoms with Gasteiger partial charge in [0.1, 0.15) is 5.82 Å². The van der Waals surface area contributed by atoms with Crippen LogP contribution in [0.5, 0.6) is 0 Å². The molecule has 0 aliphatic rings. The molecule has 1 N–H and O–H groups in total. The van der Waals surface area contributed by atoms with Gasteiger partial charge in [0, 0.05) is 31.9 Å². The van der Waals surface area contributed by atoms with E-state index in [1.807, 2.05) is 19.3 Å². The van der Waals surface area contributed by atoms with Gasteiger partial charge in [0.05, 0.1) is 5.02 Å². The molecule has 0 radical (unpaired) electrons. The van der Waals surface area contributed by atoms with E-state index in [9.17, 15) is 0 Å². The predicted molar refractivity (Wildman–Crippen MR) is 92.3 cm³/mol. The molecule has 0 spiro atoms. The first-order valence-corrected chi connectivity index (χ1v) is 8.29. The van der Waals surface area contributed by atoms with E-state index in [1.165, 1.54) is 5.56 Å². The van der Waals surface area contributed by atoms with Crippen LogP contribution < -0.4 is 10.2 Å². The summed E-state index contributed by atoms with van der Waals surface area (Å²) in [5.41, 5.74) is 2.46. The zero-order chi connectivity index (χ0) is 15.5. The zero-order valence-electron chi connectivity index (χ0n) is 13.0. The average molecular weight is 324 g/mol. The molecule has 0 fully saturated rings. The molecule has 0 saturated heterocycles. The summed E-state index contributed by atoms with van der Waals surface area (Å²) in [6, 6.07) is 4.11. The first-order chi connectivity index (χ1) is 9.85. The van der Waals surface area contributed by atoms with E-state index in [4.69, 9.17) is 11.6 Å². The highest BCUT2D eigenvalue weighted by atomic mass is 35.5. The molecule has 5 heteroatoms. The van der Waals surface area contributed by atoms with Crippen molar-refractivity contribution in [3.63, 3.8) is 0 Å². The monoisotopic (exact) mass is 323 g/mol. The van der Waals surface area contributed by atoms with Crippen molar-refractivity contribution in [1.82, 2.24) is 10.3 Å². The maximum absolute atomic E-state index is 6.39. The van der Waals surface area contributed by atoms with Crippen LogP contribution in [-0.4, -0.2) is 17.6 Å². The van der Waals surface area contributed by atoms with Crippen molar-refractivity contribution in [2.45, 2.75) is 39.4 Å². The summed E-state index contributed by atoms with van der Waals surface area (Å²) < 4.78 is 0. The summed E-state index contributed by atoms with van der Waals surface area (Å²) in [7, 11) is 2.01. The number of nitrogens with one attached hydrogen (secondary N) is 1. The molecule has 2 aromatic rings. The van der Waals surface area contributed by atoms with Crippen molar-refractivity contribution < 1.29 is 0 Å². The Hall–Kier alpha value is -1.10. The van der Waals surface area contributed by atoms with Gasteiger partial charge in [-0.2, -0.15) is 11.3 Å². The fourth-order valence-corrected chi connectivity index (χ4v) is 2.94. The van der Waals surface area contributed by atoms with Crippen molar-refractivity contribution >= 4 is 28.8 Å². The Morgan fingerprint density at radius 2 is 2.10 bits per heavy atom. The molecule has 0 atom stereocenters. The van der Waals surface area contributed by atoms with Gasteiger partial charge in [-0.1, -0.05) is 11.6 Å². The highest BCUT2D eigenvalue weighted by Gasteiger charge is 2.12. The normalized spacial score (nSPS) is 11.7. The predicted octanol–water partition coefficient (Wildman–Crippen LogP) is 4.32. The third-order valence-corrected chi connectivity index (χ3v) is 4.07. The van der Waals surface area contributed by atoms with Crippen LogP contribution in [0.25, 0.3) is 0 Å². The third-order valence-electron chi connectivity index (χ3n) is 3.06. The number of pyridine rings is 1.